The van der Waals surface area contributed by atoms with Gasteiger partial charge in [0.2, 0.25) is 0 Å². The highest BCUT2D eigenvalue weighted by atomic mass is 16.4. The first-order valence-corrected chi connectivity index (χ1v) is 4.56. The second-order valence-corrected chi connectivity index (χ2v) is 3.11. The van der Waals surface area contributed by atoms with Gasteiger partial charge in [0.25, 0.3) is 0 Å². The summed E-state index contributed by atoms with van der Waals surface area (Å²) < 4.78 is 0. The molecule has 0 unspecified atom stereocenters. The van der Waals surface area contributed by atoms with Crippen molar-refractivity contribution in [3.63, 3.8) is 0 Å². The van der Waals surface area contributed by atoms with E-state index in [4.69, 9.17) is 5.11 Å². The van der Waals surface area contributed by atoms with Crippen LogP contribution in [0.4, 0.5) is 0 Å². The van der Waals surface area contributed by atoms with Crippen LogP contribution in [0.25, 0.3) is 0 Å². The Balaban J connectivity index is 0.00000169. The van der Waals surface area contributed by atoms with E-state index in [1.807, 2.05) is 12.1 Å². The third-order valence-electron chi connectivity index (χ3n) is 2.02. The van der Waals surface area contributed by atoms with Crippen LogP contribution in [-0.4, -0.2) is 16.6 Å². The molecule has 0 bridgehead atoms. The molecular weight excluding hydrogens is 180 g/mol. The van der Waals surface area contributed by atoms with E-state index in [1.165, 1.54) is 12.0 Å². The summed E-state index contributed by atoms with van der Waals surface area (Å²) in [6, 6.07) is 7.10. The molecule has 14 heavy (non-hydrogen) atoms. The molecular formula is C11H16O3. The summed E-state index contributed by atoms with van der Waals surface area (Å²) in [5, 5.41) is 8.65. The Labute approximate surface area is 83.7 Å². The largest absolute Gasteiger partial charge is 0.478 e. The molecule has 3 heteroatoms. The maximum Gasteiger partial charge on any atom is 0.335 e. The Bertz CT molecular complexity index is 277. The van der Waals surface area contributed by atoms with Crippen molar-refractivity contribution >= 4 is 5.97 Å². The van der Waals surface area contributed by atoms with Crippen molar-refractivity contribution < 1.29 is 15.4 Å². The average molecular weight is 196 g/mol. The minimum Gasteiger partial charge on any atom is -0.478 e. The van der Waals surface area contributed by atoms with E-state index in [-0.39, 0.29) is 5.48 Å². The molecule has 0 heterocycles. The lowest BCUT2D eigenvalue weighted by atomic mass is 10.1. The first-order chi connectivity index (χ1) is 6.24. The Morgan fingerprint density at radius 3 is 2.29 bits per heavy atom. The number of benzene rings is 1. The molecule has 78 valence electrons. The second kappa shape index (κ2) is 6.16. The molecule has 0 aromatic heterocycles. The fourth-order valence-electron chi connectivity index (χ4n) is 1.19. The van der Waals surface area contributed by atoms with Gasteiger partial charge in [0.1, 0.15) is 0 Å². The molecule has 1 aromatic carbocycles. The molecule has 1 rings (SSSR count). The molecule has 0 atom stereocenters. The van der Waals surface area contributed by atoms with Gasteiger partial charge in [-0.3, -0.25) is 0 Å². The molecule has 0 radical (unpaired) electrons. The summed E-state index contributed by atoms with van der Waals surface area (Å²) in [7, 11) is 0. The van der Waals surface area contributed by atoms with Crippen LogP contribution in [0.15, 0.2) is 24.3 Å². The normalized spacial score (nSPS) is 9.21. The van der Waals surface area contributed by atoms with Gasteiger partial charge in [0, 0.05) is 0 Å². The molecule has 3 N–H and O–H groups in total. The quantitative estimate of drug-likeness (QED) is 0.799. The van der Waals surface area contributed by atoms with Crippen LogP contribution in [0, 0.1) is 0 Å². The van der Waals surface area contributed by atoms with Crippen LogP contribution in [0.2, 0.25) is 0 Å². The lowest BCUT2D eigenvalue weighted by Crippen LogP contribution is -1.95. The predicted octanol–water partition coefficient (Wildman–Crippen LogP) is 1.90. The number of carboxylic acid groups (broad SMARTS) is 1. The molecule has 0 aliphatic carbocycles. The highest BCUT2D eigenvalue weighted by molar-refractivity contribution is 5.87. The zero-order valence-corrected chi connectivity index (χ0v) is 8.29. The van der Waals surface area contributed by atoms with Crippen molar-refractivity contribution in [3.8, 4) is 0 Å². The zero-order valence-electron chi connectivity index (χ0n) is 8.29. The Morgan fingerprint density at radius 1 is 1.29 bits per heavy atom. The van der Waals surface area contributed by atoms with Crippen LogP contribution < -0.4 is 0 Å². The highest BCUT2D eigenvalue weighted by Crippen LogP contribution is 2.07. The summed E-state index contributed by atoms with van der Waals surface area (Å²) in [5.74, 6) is -0.859. The van der Waals surface area contributed by atoms with Crippen LogP contribution in [0.1, 0.15) is 35.7 Å². The predicted molar refractivity (Wildman–Crippen MR) is 55.6 cm³/mol. The van der Waals surface area contributed by atoms with Gasteiger partial charge in [-0.15, -0.1) is 0 Å². The molecule has 0 amide bonds. The second-order valence-electron chi connectivity index (χ2n) is 3.11. The number of carbonyl (C=O) groups is 1. The minimum absolute atomic E-state index is 0. The molecule has 0 saturated carbocycles. The minimum atomic E-state index is -0.859. The van der Waals surface area contributed by atoms with Gasteiger partial charge in [-0.2, -0.15) is 0 Å². The first-order valence-electron chi connectivity index (χ1n) is 4.56. The topological polar surface area (TPSA) is 68.8 Å². The Kier molecular flexibility index (Phi) is 5.56. The van der Waals surface area contributed by atoms with Crippen LogP contribution in [-0.2, 0) is 6.42 Å². The first kappa shape index (κ1) is 12.7. The van der Waals surface area contributed by atoms with Gasteiger partial charge in [-0.05, 0) is 30.5 Å². The van der Waals surface area contributed by atoms with Crippen LogP contribution >= 0.6 is 0 Å². The summed E-state index contributed by atoms with van der Waals surface area (Å²) in [5.41, 5.74) is 1.58. The van der Waals surface area contributed by atoms with Crippen molar-refractivity contribution in [1.29, 1.82) is 0 Å². The van der Waals surface area contributed by atoms with E-state index in [9.17, 15) is 4.79 Å². The average Bonchev–Trinajstić information content (AvgIpc) is 2.15. The number of rotatable bonds is 4. The van der Waals surface area contributed by atoms with Crippen molar-refractivity contribution in [2.24, 2.45) is 0 Å². The van der Waals surface area contributed by atoms with Gasteiger partial charge < -0.3 is 10.6 Å². The Morgan fingerprint density at radius 2 is 1.86 bits per heavy atom. The van der Waals surface area contributed by atoms with Gasteiger partial charge in [-0.25, -0.2) is 4.79 Å². The van der Waals surface area contributed by atoms with Crippen molar-refractivity contribution in [2.45, 2.75) is 26.2 Å². The van der Waals surface area contributed by atoms with Crippen LogP contribution in [0.3, 0.4) is 0 Å². The van der Waals surface area contributed by atoms with E-state index in [0.717, 1.165) is 12.8 Å². The lowest BCUT2D eigenvalue weighted by Gasteiger charge is -1.99. The third kappa shape index (κ3) is 3.58. The number of hydrogen-bond acceptors (Lipinski definition) is 1. The van der Waals surface area contributed by atoms with E-state index < -0.39 is 5.97 Å². The molecule has 0 saturated heterocycles. The van der Waals surface area contributed by atoms with E-state index >= 15 is 0 Å². The van der Waals surface area contributed by atoms with Gasteiger partial charge in [0.05, 0.1) is 5.56 Å². The van der Waals surface area contributed by atoms with Crippen molar-refractivity contribution in [2.75, 3.05) is 0 Å². The van der Waals surface area contributed by atoms with Gasteiger partial charge >= 0.3 is 5.97 Å². The number of aryl methyl sites for hydroxylation is 1. The van der Waals surface area contributed by atoms with Gasteiger partial charge in [-0.1, -0.05) is 25.5 Å². The standard InChI is InChI=1S/C11H14O2.H2O/c1-2-3-4-9-5-7-10(8-6-9)11(12)13;/h5-8H,2-4H2,1H3,(H,12,13);1H2. The van der Waals surface area contributed by atoms with E-state index in [0.29, 0.717) is 5.56 Å². The number of aromatic carboxylic acids is 1. The lowest BCUT2D eigenvalue weighted by molar-refractivity contribution is 0.0697. The van der Waals surface area contributed by atoms with Crippen LogP contribution in [0.5, 0.6) is 0 Å². The maximum absolute atomic E-state index is 10.5. The van der Waals surface area contributed by atoms with E-state index in [1.54, 1.807) is 12.1 Å². The Hall–Kier alpha value is -1.35. The summed E-state index contributed by atoms with van der Waals surface area (Å²) in [4.78, 5) is 10.5. The van der Waals surface area contributed by atoms with E-state index in [2.05, 4.69) is 6.92 Å². The van der Waals surface area contributed by atoms with Crippen molar-refractivity contribution in [1.82, 2.24) is 0 Å². The zero-order chi connectivity index (χ0) is 9.68. The molecule has 1 aromatic rings. The summed E-state index contributed by atoms with van der Waals surface area (Å²) in [6.07, 6.45) is 3.36. The monoisotopic (exact) mass is 196 g/mol. The maximum atomic E-state index is 10.5. The van der Waals surface area contributed by atoms with Crippen molar-refractivity contribution in [3.05, 3.63) is 35.4 Å². The SMILES string of the molecule is CCCCc1ccc(C(=O)O)cc1.O. The number of hydrogen-bond donors (Lipinski definition) is 1. The highest BCUT2D eigenvalue weighted by Gasteiger charge is 2.00. The molecule has 0 spiro atoms. The fourth-order valence-corrected chi connectivity index (χ4v) is 1.19. The smallest absolute Gasteiger partial charge is 0.335 e. The molecule has 0 fully saturated rings. The molecule has 0 aliphatic heterocycles. The molecule has 3 nitrogen and oxygen atoms in total. The summed E-state index contributed by atoms with van der Waals surface area (Å²) >= 11 is 0. The third-order valence-corrected chi connectivity index (χ3v) is 2.02. The molecule has 0 aliphatic rings. The summed E-state index contributed by atoms with van der Waals surface area (Å²) in [6.45, 7) is 2.14. The number of carboxylic acids is 1. The fraction of sp³-hybridized carbons (Fsp3) is 0.364. The van der Waals surface area contributed by atoms with Gasteiger partial charge in [0.15, 0.2) is 0 Å². The number of unbranched alkanes of at least 4 members (excludes halogenated alkanes) is 1.